The summed E-state index contributed by atoms with van der Waals surface area (Å²) in [5.74, 6) is -0.613. The summed E-state index contributed by atoms with van der Waals surface area (Å²) < 4.78 is 11.8. The van der Waals surface area contributed by atoms with Crippen molar-refractivity contribution in [2.24, 2.45) is 0 Å². The van der Waals surface area contributed by atoms with Crippen LogP contribution in [0, 0.1) is 6.92 Å². The second-order valence-electron chi connectivity index (χ2n) is 3.67. The topological polar surface area (TPSA) is 87.2 Å². The number of aryl methyl sites for hydroxylation is 1. The lowest BCUT2D eigenvalue weighted by molar-refractivity contribution is 0.0307. The van der Waals surface area contributed by atoms with Crippen molar-refractivity contribution < 1.29 is 13.9 Å². The van der Waals surface area contributed by atoms with Gasteiger partial charge in [0, 0.05) is 0 Å². The Morgan fingerprint density at radius 1 is 1.50 bits per heavy atom. The van der Waals surface area contributed by atoms with Gasteiger partial charge in [0.25, 0.3) is 5.56 Å². The lowest BCUT2D eigenvalue weighted by Gasteiger charge is -2.09. The Hall–Kier alpha value is -1.61. The molecule has 7 nitrogen and oxygen atoms in total. The van der Waals surface area contributed by atoms with Crippen LogP contribution >= 0.6 is 27.7 Å². The van der Waals surface area contributed by atoms with Crippen LogP contribution in [0.15, 0.2) is 31.2 Å². The highest BCUT2D eigenvalue weighted by atomic mass is 79.9. The number of hydrogen-bond acceptors (Lipinski definition) is 7. The molecule has 0 aromatic carbocycles. The number of furan rings is 1. The van der Waals surface area contributed by atoms with E-state index in [-0.39, 0.29) is 23.7 Å². The second kappa shape index (κ2) is 6.23. The molecule has 106 valence electrons. The molecular formula is C11H10BrN3O4S. The van der Waals surface area contributed by atoms with Crippen LogP contribution in [-0.2, 0) is 11.5 Å². The molecule has 0 bridgehead atoms. The normalized spacial score (nSPS) is 10.6. The summed E-state index contributed by atoms with van der Waals surface area (Å²) in [5, 5.41) is 7.96. The lowest BCUT2D eigenvalue weighted by Crippen LogP contribution is -2.28. The van der Waals surface area contributed by atoms with E-state index in [1.54, 1.807) is 19.2 Å². The molecule has 0 saturated heterocycles. The van der Waals surface area contributed by atoms with Gasteiger partial charge in [-0.2, -0.15) is 0 Å². The SMILES string of the molecule is CSc1nnc(C)c(=O)n1COC(=O)c1ccc(Br)o1. The largest absolute Gasteiger partial charge is 0.442 e. The van der Waals surface area contributed by atoms with E-state index in [0.717, 1.165) is 0 Å². The van der Waals surface area contributed by atoms with Crippen molar-refractivity contribution in [3.8, 4) is 0 Å². The first-order chi connectivity index (χ1) is 9.52. The quantitative estimate of drug-likeness (QED) is 0.607. The predicted octanol–water partition coefficient (Wildman–Crippen LogP) is 1.84. The first-order valence-corrected chi connectivity index (χ1v) is 7.45. The summed E-state index contributed by atoms with van der Waals surface area (Å²) in [6.45, 7) is 1.30. The number of rotatable bonds is 4. The Morgan fingerprint density at radius 2 is 2.25 bits per heavy atom. The number of carbonyl (C=O) groups excluding carboxylic acids is 1. The van der Waals surface area contributed by atoms with Gasteiger partial charge in [-0.3, -0.25) is 4.79 Å². The monoisotopic (exact) mass is 359 g/mol. The minimum atomic E-state index is -0.663. The molecule has 0 fully saturated rings. The molecule has 2 aromatic heterocycles. The summed E-state index contributed by atoms with van der Waals surface area (Å²) in [6, 6.07) is 3.05. The van der Waals surface area contributed by atoms with E-state index in [1.807, 2.05) is 0 Å². The summed E-state index contributed by atoms with van der Waals surface area (Å²) in [7, 11) is 0. The van der Waals surface area contributed by atoms with Gasteiger partial charge in [0.2, 0.25) is 5.76 Å². The zero-order chi connectivity index (χ0) is 14.7. The van der Waals surface area contributed by atoms with E-state index in [4.69, 9.17) is 9.15 Å². The van der Waals surface area contributed by atoms with Crippen LogP contribution in [0.4, 0.5) is 0 Å². The van der Waals surface area contributed by atoms with E-state index in [2.05, 4.69) is 26.1 Å². The van der Waals surface area contributed by atoms with Gasteiger partial charge < -0.3 is 9.15 Å². The summed E-state index contributed by atoms with van der Waals surface area (Å²) in [6.07, 6.45) is 1.75. The van der Waals surface area contributed by atoms with Crippen LogP contribution < -0.4 is 5.56 Å². The highest BCUT2D eigenvalue weighted by molar-refractivity contribution is 9.10. The fraction of sp³-hybridized carbons (Fsp3) is 0.273. The number of esters is 1. The van der Waals surface area contributed by atoms with Crippen LogP contribution in [0.2, 0.25) is 0 Å². The fourth-order valence-corrected chi connectivity index (χ4v) is 2.16. The highest BCUT2D eigenvalue weighted by Gasteiger charge is 2.15. The maximum Gasteiger partial charge on any atom is 0.376 e. The highest BCUT2D eigenvalue weighted by Crippen LogP contribution is 2.15. The maximum absolute atomic E-state index is 11.9. The van der Waals surface area contributed by atoms with Gasteiger partial charge in [-0.25, -0.2) is 9.36 Å². The minimum Gasteiger partial charge on any atom is -0.442 e. The van der Waals surface area contributed by atoms with Gasteiger partial charge in [-0.05, 0) is 41.2 Å². The molecule has 0 radical (unpaired) electrons. The molecule has 20 heavy (non-hydrogen) atoms. The number of hydrogen-bond donors (Lipinski definition) is 0. The van der Waals surface area contributed by atoms with Crippen LogP contribution in [0.25, 0.3) is 0 Å². The van der Waals surface area contributed by atoms with Crippen molar-refractivity contribution in [3.63, 3.8) is 0 Å². The average molecular weight is 360 g/mol. The molecule has 2 rings (SSSR count). The average Bonchev–Trinajstić information content (AvgIpc) is 2.86. The maximum atomic E-state index is 11.9. The van der Waals surface area contributed by atoms with Gasteiger partial charge in [0.05, 0.1) is 0 Å². The molecule has 0 unspecified atom stereocenters. The molecule has 0 aliphatic carbocycles. The molecule has 0 aliphatic heterocycles. The van der Waals surface area contributed by atoms with Crippen molar-refractivity contribution >= 4 is 33.7 Å². The van der Waals surface area contributed by atoms with E-state index in [1.165, 1.54) is 22.4 Å². The lowest BCUT2D eigenvalue weighted by atomic mass is 10.5. The zero-order valence-electron chi connectivity index (χ0n) is 10.6. The molecule has 9 heteroatoms. The molecule has 2 heterocycles. The number of carbonyl (C=O) groups is 1. The molecule has 0 N–H and O–H groups in total. The predicted molar refractivity (Wildman–Crippen MR) is 74.6 cm³/mol. The number of aromatic nitrogens is 3. The molecular weight excluding hydrogens is 350 g/mol. The summed E-state index contributed by atoms with van der Waals surface area (Å²) >= 11 is 4.33. The van der Waals surface area contributed by atoms with E-state index in [9.17, 15) is 9.59 Å². The number of halogens is 1. The summed E-state index contributed by atoms with van der Waals surface area (Å²) in [5.41, 5.74) is -0.114. The number of thioether (sulfide) groups is 1. The van der Waals surface area contributed by atoms with Crippen LogP contribution in [0.3, 0.4) is 0 Å². The van der Waals surface area contributed by atoms with Crippen molar-refractivity contribution in [3.05, 3.63) is 38.6 Å². The Bertz CT molecular complexity index is 697. The second-order valence-corrected chi connectivity index (χ2v) is 5.22. The fourth-order valence-electron chi connectivity index (χ4n) is 1.38. The summed E-state index contributed by atoms with van der Waals surface area (Å²) in [4.78, 5) is 23.7. The van der Waals surface area contributed by atoms with E-state index in [0.29, 0.717) is 9.83 Å². The van der Waals surface area contributed by atoms with Crippen molar-refractivity contribution in [2.75, 3.05) is 6.26 Å². The molecule has 0 spiro atoms. The van der Waals surface area contributed by atoms with Gasteiger partial charge in [-0.15, -0.1) is 10.2 Å². The standard InChI is InChI=1S/C11H10BrN3O4S/c1-6-9(16)15(11(20-2)14-13-6)5-18-10(17)7-3-4-8(12)19-7/h3-4H,5H2,1-2H3. The zero-order valence-corrected chi connectivity index (χ0v) is 13.0. The van der Waals surface area contributed by atoms with E-state index < -0.39 is 5.97 Å². The van der Waals surface area contributed by atoms with Gasteiger partial charge in [-0.1, -0.05) is 11.8 Å². The van der Waals surface area contributed by atoms with Gasteiger partial charge in [0.1, 0.15) is 5.69 Å². The first kappa shape index (κ1) is 14.8. The van der Waals surface area contributed by atoms with E-state index >= 15 is 0 Å². The molecule has 2 aromatic rings. The Kier molecular flexibility index (Phi) is 4.61. The van der Waals surface area contributed by atoms with Crippen molar-refractivity contribution in [1.82, 2.24) is 14.8 Å². The third-order valence-corrected chi connectivity index (χ3v) is 3.45. The first-order valence-electron chi connectivity index (χ1n) is 5.43. The Labute approximate surface area is 126 Å². The van der Waals surface area contributed by atoms with Crippen LogP contribution in [0.1, 0.15) is 16.2 Å². The number of nitrogens with zero attached hydrogens (tertiary/aromatic N) is 3. The number of ether oxygens (including phenoxy) is 1. The Morgan fingerprint density at radius 3 is 2.85 bits per heavy atom. The molecule has 0 amide bonds. The molecule has 0 saturated carbocycles. The molecule has 0 atom stereocenters. The smallest absolute Gasteiger partial charge is 0.376 e. The third kappa shape index (κ3) is 3.10. The van der Waals surface area contributed by atoms with Crippen LogP contribution in [-0.4, -0.2) is 27.0 Å². The van der Waals surface area contributed by atoms with Gasteiger partial charge >= 0.3 is 5.97 Å². The van der Waals surface area contributed by atoms with Crippen molar-refractivity contribution in [1.29, 1.82) is 0 Å². The third-order valence-electron chi connectivity index (χ3n) is 2.35. The van der Waals surface area contributed by atoms with Crippen LogP contribution in [0.5, 0.6) is 0 Å². The van der Waals surface area contributed by atoms with Crippen molar-refractivity contribution in [2.45, 2.75) is 18.8 Å². The molecule has 0 aliphatic rings. The minimum absolute atomic E-state index is 0.0503. The van der Waals surface area contributed by atoms with Gasteiger partial charge in [0.15, 0.2) is 16.6 Å². The Balaban J connectivity index is 2.17.